The summed E-state index contributed by atoms with van der Waals surface area (Å²) in [7, 11) is 0. The smallest absolute Gasteiger partial charge is 0.143 e. The molecule has 0 amide bonds. The Hall–Kier alpha value is -7.88. The predicted molar refractivity (Wildman–Crippen MR) is 247 cm³/mol. The van der Waals surface area contributed by atoms with E-state index in [9.17, 15) is 0 Å². The number of furan rings is 2. The molecule has 12 rings (SSSR count). The molecule has 0 saturated heterocycles. The van der Waals surface area contributed by atoms with Crippen LogP contribution in [0.5, 0.6) is 0 Å². The Morgan fingerprint density at radius 1 is 0.288 bits per heavy atom. The molecule has 3 heteroatoms. The zero-order chi connectivity index (χ0) is 38.9. The fourth-order valence-electron chi connectivity index (χ4n) is 9.02. The number of fused-ring (bicyclic) bond motifs is 8. The van der Waals surface area contributed by atoms with Crippen molar-refractivity contribution in [2.75, 3.05) is 4.90 Å². The molecule has 0 N–H and O–H groups in total. The van der Waals surface area contributed by atoms with Gasteiger partial charge in [-0.15, -0.1) is 0 Å². The van der Waals surface area contributed by atoms with Gasteiger partial charge < -0.3 is 13.7 Å². The van der Waals surface area contributed by atoms with Crippen molar-refractivity contribution in [1.29, 1.82) is 0 Å². The summed E-state index contributed by atoms with van der Waals surface area (Å²) in [4.78, 5) is 2.39. The molecule has 3 nitrogen and oxygen atoms in total. The topological polar surface area (TPSA) is 29.5 Å². The predicted octanol–water partition coefficient (Wildman–Crippen LogP) is 16.3. The summed E-state index contributed by atoms with van der Waals surface area (Å²) in [6.07, 6.45) is 0. The summed E-state index contributed by atoms with van der Waals surface area (Å²) < 4.78 is 13.0. The molecular formula is C56H35NO2. The van der Waals surface area contributed by atoms with Crippen molar-refractivity contribution in [3.05, 3.63) is 212 Å². The molecule has 0 bridgehead atoms. The fourth-order valence-corrected chi connectivity index (χ4v) is 9.02. The quantitative estimate of drug-likeness (QED) is 0.169. The van der Waals surface area contributed by atoms with E-state index in [2.05, 4.69) is 205 Å². The van der Waals surface area contributed by atoms with Crippen LogP contribution in [-0.4, -0.2) is 0 Å². The van der Waals surface area contributed by atoms with Crippen LogP contribution in [0.4, 0.5) is 17.1 Å². The second-order valence-electron chi connectivity index (χ2n) is 15.3. The van der Waals surface area contributed by atoms with Crippen LogP contribution >= 0.6 is 0 Å². The number of anilines is 3. The number of nitrogens with zero attached hydrogens (tertiary/aromatic N) is 1. The molecule has 0 fully saturated rings. The Morgan fingerprint density at radius 3 is 1.81 bits per heavy atom. The van der Waals surface area contributed by atoms with Crippen LogP contribution in [0, 0.1) is 0 Å². The lowest BCUT2D eigenvalue weighted by atomic mass is 9.96. The van der Waals surface area contributed by atoms with E-state index >= 15 is 0 Å². The Bertz CT molecular complexity index is 3570. The van der Waals surface area contributed by atoms with Gasteiger partial charge in [0, 0.05) is 44.0 Å². The number of rotatable bonds is 6. The van der Waals surface area contributed by atoms with Gasteiger partial charge in [0.05, 0.1) is 5.69 Å². The first-order valence-corrected chi connectivity index (χ1v) is 20.1. The van der Waals surface area contributed by atoms with Gasteiger partial charge in [-0.05, 0) is 104 Å². The van der Waals surface area contributed by atoms with Crippen LogP contribution in [0.1, 0.15) is 0 Å². The van der Waals surface area contributed by atoms with Crippen molar-refractivity contribution < 1.29 is 8.83 Å². The lowest BCUT2D eigenvalue weighted by Crippen LogP contribution is -2.11. The van der Waals surface area contributed by atoms with Gasteiger partial charge in [-0.2, -0.15) is 0 Å². The minimum absolute atomic E-state index is 0.882. The first-order valence-electron chi connectivity index (χ1n) is 20.1. The van der Waals surface area contributed by atoms with Gasteiger partial charge in [0.25, 0.3) is 0 Å². The molecule has 0 atom stereocenters. The zero-order valence-electron chi connectivity index (χ0n) is 32.0. The highest BCUT2D eigenvalue weighted by Gasteiger charge is 2.21. The Labute approximate surface area is 340 Å². The van der Waals surface area contributed by atoms with Crippen molar-refractivity contribution in [1.82, 2.24) is 0 Å². The summed E-state index contributed by atoms with van der Waals surface area (Å²) in [6, 6.07) is 75.9. The van der Waals surface area contributed by atoms with Gasteiger partial charge in [-0.3, -0.25) is 0 Å². The highest BCUT2D eigenvalue weighted by Crippen LogP contribution is 2.46. The van der Waals surface area contributed by atoms with E-state index in [0.29, 0.717) is 0 Å². The third-order valence-electron chi connectivity index (χ3n) is 11.8. The standard InChI is InChI=1S/C56H35NO2/c1-2-14-39-35-55-51(33-38(39)13-1)49-23-11-22-48(56(49)59-55)46-19-5-7-24-52(46)57(43-17-9-16-41(32-43)45-21-10-15-37-12-3-4-18-44(37)45)42-29-26-36(27-30-42)40-28-31-54-50(34-40)47-20-6-8-25-53(47)58-54/h1-35H. The van der Waals surface area contributed by atoms with Gasteiger partial charge in [-0.25, -0.2) is 0 Å². The average Bonchev–Trinajstić information content (AvgIpc) is 3.86. The molecular weight excluding hydrogens is 719 g/mol. The first kappa shape index (κ1) is 33.3. The third kappa shape index (κ3) is 5.51. The second kappa shape index (κ2) is 13.4. The average molecular weight is 754 g/mol. The van der Waals surface area contributed by atoms with Crippen LogP contribution in [0.15, 0.2) is 221 Å². The summed E-state index contributed by atoms with van der Waals surface area (Å²) in [5, 5.41) is 9.30. The maximum absolute atomic E-state index is 6.80. The lowest BCUT2D eigenvalue weighted by Gasteiger charge is -2.28. The van der Waals surface area contributed by atoms with Crippen LogP contribution in [0.2, 0.25) is 0 Å². The van der Waals surface area contributed by atoms with Crippen molar-refractivity contribution in [3.63, 3.8) is 0 Å². The minimum atomic E-state index is 0.882. The molecule has 2 aromatic heterocycles. The summed E-state index contributed by atoms with van der Waals surface area (Å²) in [5.74, 6) is 0. The fraction of sp³-hybridized carbons (Fsp3) is 0. The van der Waals surface area contributed by atoms with E-state index in [4.69, 9.17) is 8.83 Å². The molecule has 0 aliphatic carbocycles. The molecule has 276 valence electrons. The molecule has 10 aromatic carbocycles. The molecule has 0 radical (unpaired) electrons. The molecule has 0 unspecified atom stereocenters. The SMILES string of the molecule is c1cc(-c2cccc3ccccc23)cc(N(c2ccc(-c3ccc4oc5ccccc5c4c3)cc2)c2ccccc2-c2cccc3c2oc2cc4ccccc4cc23)c1. The van der Waals surface area contributed by atoms with Crippen molar-refractivity contribution in [2.45, 2.75) is 0 Å². The van der Waals surface area contributed by atoms with E-state index in [1.54, 1.807) is 0 Å². The number of para-hydroxylation sites is 3. The highest BCUT2D eigenvalue weighted by molar-refractivity contribution is 6.14. The Balaban J connectivity index is 1.04. The molecule has 0 aliphatic rings. The third-order valence-corrected chi connectivity index (χ3v) is 11.8. The van der Waals surface area contributed by atoms with Crippen molar-refractivity contribution in [2.24, 2.45) is 0 Å². The van der Waals surface area contributed by atoms with Crippen LogP contribution < -0.4 is 4.90 Å². The summed E-state index contributed by atoms with van der Waals surface area (Å²) in [5.41, 5.74) is 13.5. The molecule has 59 heavy (non-hydrogen) atoms. The number of benzene rings is 10. The molecule has 0 aliphatic heterocycles. The lowest BCUT2D eigenvalue weighted by molar-refractivity contribution is 0.669. The van der Waals surface area contributed by atoms with E-state index < -0.39 is 0 Å². The first-order chi connectivity index (χ1) is 29.2. The van der Waals surface area contributed by atoms with Crippen molar-refractivity contribution >= 4 is 82.5 Å². The van der Waals surface area contributed by atoms with Gasteiger partial charge >= 0.3 is 0 Å². The minimum Gasteiger partial charge on any atom is -0.456 e. The van der Waals surface area contributed by atoms with Gasteiger partial charge in [-0.1, -0.05) is 152 Å². The number of hydrogen-bond donors (Lipinski definition) is 0. The normalized spacial score (nSPS) is 11.7. The second-order valence-corrected chi connectivity index (χ2v) is 15.3. The zero-order valence-corrected chi connectivity index (χ0v) is 32.0. The molecule has 0 spiro atoms. The highest BCUT2D eigenvalue weighted by atomic mass is 16.3. The van der Waals surface area contributed by atoms with Gasteiger partial charge in [0.2, 0.25) is 0 Å². The maximum atomic E-state index is 6.80. The van der Waals surface area contributed by atoms with E-state index in [0.717, 1.165) is 88.8 Å². The van der Waals surface area contributed by atoms with E-state index in [1.165, 1.54) is 27.1 Å². The summed E-state index contributed by atoms with van der Waals surface area (Å²) >= 11 is 0. The van der Waals surface area contributed by atoms with Crippen LogP contribution in [0.25, 0.3) is 98.8 Å². The Kier molecular flexibility index (Phi) is 7.54. The van der Waals surface area contributed by atoms with E-state index in [1.807, 2.05) is 12.1 Å². The van der Waals surface area contributed by atoms with Crippen LogP contribution in [-0.2, 0) is 0 Å². The van der Waals surface area contributed by atoms with Crippen LogP contribution in [0.3, 0.4) is 0 Å². The summed E-state index contributed by atoms with van der Waals surface area (Å²) in [6.45, 7) is 0. The molecule has 2 heterocycles. The van der Waals surface area contributed by atoms with Gasteiger partial charge in [0.15, 0.2) is 0 Å². The largest absolute Gasteiger partial charge is 0.456 e. The monoisotopic (exact) mass is 753 g/mol. The molecule has 0 saturated carbocycles. The van der Waals surface area contributed by atoms with Crippen molar-refractivity contribution in [3.8, 4) is 33.4 Å². The maximum Gasteiger partial charge on any atom is 0.143 e. The number of hydrogen-bond acceptors (Lipinski definition) is 3. The molecule has 12 aromatic rings. The van der Waals surface area contributed by atoms with E-state index in [-0.39, 0.29) is 0 Å². The van der Waals surface area contributed by atoms with Gasteiger partial charge in [0.1, 0.15) is 22.3 Å². The Morgan fingerprint density at radius 2 is 0.915 bits per heavy atom.